The van der Waals surface area contributed by atoms with Gasteiger partial charge in [0, 0.05) is 17.8 Å². The summed E-state index contributed by atoms with van der Waals surface area (Å²) >= 11 is 0. The largest absolute Gasteiger partial charge is 0.460 e. The number of H-pyrrole nitrogens is 1. The van der Waals surface area contributed by atoms with Crippen LogP contribution in [0, 0.1) is 0 Å². The van der Waals surface area contributed by atoms with Crippen molar-refractivity contribution in [3.05, 3.63) is 54.3 Å². The average molecular weight is 227 g/mol. The number of nitrogens with zero attached hydrogens (tertiary/aromatic N) is 1. The predicted octanol–water partition coefficient (Wildman–Crippen LogP) is 2.45. The molecule has 0 aliphatic heterocycles. The highest BCUT2D eigenvalue weighted by Gasteiger charge is 2.02. The van der Waals surface area contributed by atoms with Gasteiger partial charge in [-0.05, 0) is 12.1 Å². The van der Waals surface area contributed by atoms with Gasteiger partial charge in [-0.1, -0.05) is 18.2 Å². The summed E-state index contributed by atoms with van der Waals surface area (Å²) in [7, 11) is 0. The van der Waals surface area contributed by atoms with Crippen LogP contribution in [0.1, 0.15) is 11.6 Å². The Labute approximate surface area is 98.7 Å². The molecule has 3 aromatic rings. The molecule has 17 heavy (non-hydrogen) atoms. The van der Waals surface area contributed by atoms with Crippen molar-refractivity contribution in [1.82, 2.24) is 15.3 Å². The molecule has 0 spiro atoms. The van der Waals surface area contributed by atoms with Crippen molar-refractivity contribution in [3.8, 4) is 0 Å². The van der Waals surface area contributed by atoms with E-state index in [1.54, 1.807) is 6.20 Å². The van der Waals surface area contributed by atoms with Crippen LogP contribution in [0.4, 0.5) is 0 Å². The van der Waals surface area contributed by atoms with E-state index in [2.05, 4.69) is 27.4 Å². The first-order chi connectivity index (χ1) is 8.42. The Bertz CT molecular complexity index is 565. The number of rotatable bonds is 4. The highest BCUT2D eigenvalue weighted by Crippen LogP contribution is 2.18. The number of furan rings is 1. The molecule has 86 valence electrons. The topological polar surface area (TPSA) is 53.9 Å². The maximum Gasteiger partial charge on any atom is 0.134 e. The SMILES string of the molecule is c1ccc2oc(CNCc3ncc[nH]3)cc2c1. The van der Waals surface area contributed by atoms with Gasteiger partial charge in [-0.2, -0.15) is 0 Å². The number of fused-ring (bicyclic) bond motifs is 1. The van der Waals surface area contributed by atoms with Gasteiger partial charge in [0.25, 0.3) is 0 Å². The minimum absolute atomic E-state index is 0.704. The van der Waals surface area contributed by atoms with Crippen LogP contribution in [0.5, 0.6) is 0 Å². The molecular formula is C13H13N3O. The Balaban J connectivity index is 1.65. The molecule has 0 aliphatic carbocycles. The third kappa shape index (κ3) is 2.21. The minimum atomic E-state index is 0.704. The first-order valence-corrected chi connectivity index (χ1v) is 5.58. The predicted molar refractivity (Wildman–Crippen MR) is 65.3 cm³/mol. The summed E-state index contributed by atoms with van der Waals surface area (Å²) in [6.07, 6.45) is 3.57. The van der Waals surface area contributed by atoms with E-state index in [9.17, 15) is 0 Å². The number of aromatic nitrogens is 2. The summed E-state index contributed by atoms with van der Waals surface area (Å²) < 4.78 is 5.69. The Morgan fingerprint density at radius 2 is 2.18 bits per heavy atom. The summed E-state index contributed by atoms with van der Waals surface area (Å²) in [4.78, 5) is 7.19. The van der Waals surface area contributed by atoms with Crippen molar-refractivity contribution in [2.45, 2.75) is 13.1 Å². The maximum atomic E-state index is 5.69. The van der Waals surface area contributed by atoms with Gasteiger partial charge < -0.3 is 14.7 Å². The highest BCUT2D eigenvalue weighted by atomic mass is 16.3. The fourth-order valence-electron chi connectivity index (χ4n) is 1.82. The van der Waals surface area contributed by atoms with Gasteiger partial charge in [-0.3, -0.25) is 0 Å². The highest BCUT2D eigenvalue weighted by molar-refractivity contribution is 5.77. The van der Waals surface area contributed by atoms with E-state index in [0.717, 1.165) is 22.6 Å². The van der Waals surface area contributed by atoms with E-state index in [1.165, 1.54) is 0 Å². The molecule has 0 amide bonds. The van der Waals surface area contributed by atoms with Crippen LogP contribution < -0.4 is 5.32 Å². The van der Waals surface area contributed by atoms with Crippen LogP contribution >= 0.6 is 0 Å². The van der Waals surface area contributed by atoms with Gasteiger partial charge in [0.15, 0.2) is 0 Å². The van der Waals surface area contributed by atoms with Gasteiger partial charge in [-0.15, -0.1) is 0 Å². The second-order valence-electron chi connectivity index (χ2n) is 3.89. The van der Waals surface area contributed by atoms with Crippen LogP contribution in [-0.2, 0) is 13.1 Å². The van der Waals surface area contributed by atoms with Gasteiger partial charge in [0.2, 0.25) is 0 Å². The molecule has 0 bridgehead atoms. The van der Waals surface area contributed by atoms with Crippen molar-refractivity contribution >= 4 is 11.0 Å². The first-order valence-electron chi connectivity index (χ1n) is 5.58. The molecule has 3 rings (SSSR count). The number of nitrogens with one attached hydrogen (secondary N) is 2. The summed E-state index contributed by atoms with van der Waals surface area (Å²) in [5, 5.41) is 4.42. The van der Waals surface area contributed by atoms with E-state index in [4.69, 9.17) is 4.42 Å². The normalized spacial score (nSPS) is 11.1. The molecule has 0 radical (unpaired) electrons. The number of benzene rings is 1. The van der Waals surface area contributed by atoms with Gasteiger partial charge >= 0.3 is 0 Å². The van der Waals surface area contributed by atoms with Crippen LogP contribution in [0.15, 0.2) is 47.1 Å². The first kappa shape index (κ1) is 10.1. The van der Waals surface area contributed by atoms with Gasteiger partial charge in [-0.25, -0.2) is 4.98 Å². The van der Waals surface area contributed by atoms with Crippen LogP contribution in [0.3, 0.4) is 0 Å². The molecule has 2 aromatic heterocycles. The zero-order valence-electron chi connectivity index (χ0n) is 9.31. The summed E-state index contributed by atoms with van der Waals surface area (Å²) in [6.45, 7) is 1.42. The third-order valence-corrected chi connectivity index (χ3v) is 2.62. The molecule has 4 nitrogen and oxygen atoms in total. The van der Waals surface area contributed by atoms with E-state index in [1.807, 2.05) is 24.4 Å². The Kier molecular flexibility index (Phi) is 2.63. The lowest BCUT2D eigenvalue weighted by molar-refractivity contribution is 0.510. The van der Waals surface area contributed by atoms with Gasteiger partial charge in [0.05, 0.1) is 13.1 Å². The lowest BCUT2D eigenvalue weighted by Crippen LogP contribution is -2.13. The van der Waals surface area contributed by atoms with Crippen LogP contribution in [0.2, 0.25) is 0 Å². The van der Waals surface area contributed by atoms with Crippen LogP contribution in [0.25, 0.3) is 11.0 Å². The van der Waals surface area contributed by atoms with E-state index < -0.39 is 0 Å². The molecule has 1 aromatic carbocycles. The van der Waals surface area contributed by atoms with Gasteiger partial charge in [0.1, 0.15) is 17.2 Å². The summed E-state index contributed by atoms with van der Waals surface area (Å²) in [5.41, 5.74) is 0.933. The molecule has 0 saturated heterocycles. The Morgan fingerprint density at radius 1 is 1.24 bits per heavy atom. The van der Waals surface area contributed by atoms with Crippen molar-refractivity contribution in [3.63, 3.8) is 0 Å². The third-order valence-electron chi connectivity index (χ3n) is 2.62. The molecule has 2 heterocycles. The van der Waals surface area contributed by atoms with Crippen molar-refractivity contribution in [2.75, 3.05) is 0 Å². The quantitative estimate of drug-likeness (QED) is 0.719. The zero-order valence-corrected chi connectivity index (χ0v) is 9.31. The second-order valence-corrected chi connectivity index (χ2v) is 3.89. The molecule has 0 aliphatic rings. The summed E-state index contributed by atoms with van der Waals surface area (Å²) in [5.74, 6) is 1.87. The van der Waals surface area contributed by atoms with Crippen molar-refractivity contribution in [1.29, 1.82) is 0 Å². The lowest BCUT2D eigenvalue weighted by atomic mass is 10.2. The molecule has 0 atom stereocenters. The van der Waals surface area contributed by atoms with Crippen molar-refractivity contribution in [2.24, 2.45) is 0 Å². The fourth-order valence-corrected chi connectivity index (χ4v) is 1.82. The monoisotopic (exact) mass is 227 g/mol. The molecule has 0 fully saturated rings. The smallest absolute Gasteiger partial charge is 0.134 e. The Hall–Kier alpha value is -2.07. The number of para-hydroxylation sites is 1. The summed E-state index contributed by atoms with van der Waals surface area (Å²) in [6, 6.07) is 10.1. The zero-order chi connectivity index (χ0) is 11.5. The number of aromatic amines is 1. The second kappa shape index (κ2) is 4.43. The average Bonchev–Trinajstić information content (AvgIpc) is 2.96. The Morgan fingerprint density at radius 3 is 3.00 bits per heavy atom. The van der Waals surface area contributed by atoms with E-state index in [-0.39, 0.29) is 0 Å². The van der Waals surface area contributed by atoms with E-state index in [0.29, 0.717) is 13.1 Å². The standard InChI is InChI=1S/C13H13N3O/c1-2-4-12-10(3-1)7-11(17-12)8-14-9-13-15-5-6-16-13/h1-7,14H,8-9H2,(H,15,16). The number of imidazole rings is 1. The maximum absolute atomic E-state index is 5.69. The van der Waals surface area contributed by atoms with E-state index >= 15 is 0 Å². The molecular weight excluding hydrogens is 214 g/mol. The lowest BCUT2D eigenvalue weighted by Gasteiger charge is -1.98. The molecule has 4 heteroatoms. The molecule has 2 N–H and O–H groups in total. The number of hydrogen-bond acceptors (Lipinski definition) is 3. The minimum Gasteiger partial charge on any atom is -0.460 e. The van der Waals surface area contributed by atoms with Crippen LogP contribution in [-0.4, -0.2) is 9.97 Å². The fraction of sp³-hybridized carbons (Fsp3) is 0.154. The molecule has 0 saturated carbocycles. The molecule has 0 unspecified atom stereocenters. The number of hydrogen-bond donors (Lipinski definition) is 2. The van der Waals surface area contributed by atoms with Crippen molar-refractivity contribution < 1.29 is 4.42 Å².